The van der Waals surface area contributed by atoms with E-state index in [1.807, 2.05) is 0 Å². The first-order valence-electron chi connectivity index (χ1n) is 5.76. The molecule has 1 aromatic carbocycles. The lowest BCUT2D eigenvalue weighted by molar-refractivity contribution is 0.837. The number of aromatic amines is 1. The van der Waals surface area contributed by atoms with Crippen LogP contribution in [0.5, 0.6) is 0 Å². The molecule has 19 heavy (non-hydrogen) atoms. The third-order valence-electron chi connectivity index (χ3n) is 2.90. The van der Waals surface area contributed by atoms with Crippen molar-refractivity contribution in [3.8, 4) is 5.69 Å². The van der Waals surface area contributed by atoms with Gasteiger partial charge in [-0.05, 0) is 37.1 Å². The summed E-state index contributed by atoms with van der Waals surface area (Å²) in [6.45, 7) is 3.59. The zero-order valence-corrected chi connectivity index (χ0v) is 12.0. The second-order valence-electron chi connectivity index (χ2n) is 4.15. The van der Waals surface area contributed by atoms with Gasteiger partial charge in [0.15, 0.2) is 0 Å². The van der Waals surface area contributed by atoms with E-state index in [9.17, 15) is 9.59 Å². The fourth-order valence-corrected chi connectivity index (χ4v) is 2.46. The van der Waals surface area contributed by atoms with Gasteiger partial charge in [0.1, 0.15) is 5.15 Å². The van der Waals surface area contributed by atoms with Crippen molar-refractivity contribution in [1.82, 2.24) is 9.55 Å². The molecule has 0 bridgehead atoms. The van der Waals surface area contributed by atoms with E-state index in [1.54, 1.807) is 32.0 Å². The van der Waals surface area contributed by atoms with Gasteiger partial charge in [0, 0.05) is 5.02 Å². The topological polar surface area (TPSA) is 54.9 Å². The van der Waals surface area contributed by atoms with Crippen LogP contribution in [-0.2, 0) is 6.42 Å². The van der Waals surface area contributed by atoms with Gasteiger partial charge in [0.2, 0.25) is 0 Å². The molecule has 4 nitrogen and oxygen atoms in total. The summed E-state index contributed by atoms with van der Waals surface area (Å²) in [5, 5.41) is 0.649. The minimum Gasteiger partial charge on any atom is -0.297 e. The van der Waals surface area contributed by atoms with Crippen molar-refractivity contribution in [1.29, 1.82) is 0 Å². The van der Waals surface area contributed by atoms with Crippen LogP contribution < -0.4 is 11.2 Å². The lowest BCUT2D eigenvalue weighted by Gasteiger charge is -2.10. The number of aromatic nitrogens is 2. The van der Waals surface area contributed by atoms with Crippen LogP contribution in [0.2, 0.25) is 10.2 Å². The third-order valence-corrected chi connectivity index (χ3v) is 3.46. The summed E-state index contributed by atoms with van der Waals surface area (Å²) in [4.78, 5) is 26.7. The molecule has 1 aromatic heterocycles. The van der Waals surface area contributed by atoms with E-state index in [-0.39, 0.29) is 5.15 Å². The van der Waals surface area contributed by atoms with Crippen molar-refractivity contribution in [2.24, 2.45) is 0 Å². The average molecular weight is 299 g/mol. The van der Waals surface area contributed by atoms with Gasteiger partial charge in [0.05, 0.1) is 11.3 Å². The van der Waals surface area contributed by atoms with Gasteiger partial charge >= 0.3 is 5.69 Å². The maximum Gasteiger partial charge on any atom is 0.334 e. The van der Waals surface area contributed by atoms with Gasteiger partial charge < -0.3 is 0 Å². The summed E-state index contributed by atoms with van der Waals surface area (Å²) >= 11 is 11.7. The van der Waals surface area contributed by atoms with Crippen LogP contribution in [0.3, 0.4) is 0 Å². The highest BCUT2D eigenvalue weighted by Gasteiger charge is 2.14. The number of hydrogen-bond acceptors (Lipinski definition) is 2. The molecule has 0 amide bonds. The number of hydrogen-bond donors (Lipinski definition) is 1. The predicted molar refractivity (Wildman–Crippen MR) is 76.8 cm³/mol. The Morgan fingerprint density at radius 1 is 1.26 bits per heavy atom. The zero-order valence-electron chi connectivity index (χ0n) is 10.5. The van der Waals surface area contributed by atoms with E-state index in [2.05, 4.69) is 4.98 Å². The van der Waals surface area contributed by atoms with Crippen molar-refractivity contribution in [2.45, 2.75) is 20.3 Å². The average Bonchev–Trinajstić information content (AvgIpc) is 2.31. The summed E-state index contributed by atoms with van der Waals surface area (Å²) < 4.78 is 1.08. The molecule has 0 atom stereocenters. The predicted octanol–water partition coefficient (Wildman–Crippen LogP) is 2.70. The Morgan fingerprint density at radius 3 is 2.53 bits per heavy atom. The quantitative estimate of drug-likeness (QED) is 0.867. The van der Waals surface area contributed by atoms with Gasteiger partial charge in [-0.1, -0.05) is 30.1 Å². The second kappa shape index (κ2) is 5.23. The number of nitrogens with zero attached hydrogens (tertiary/aromatic N) is 1. The van der Waals surface area contributed by atoms with Crippen LogP contribution in [0.1, 0.15) is 18.1 Å². The van der Waals surface area contributed by atoms with E-state index in [0.29, 0.717) is 22.7 Å². The third kappa shape index (κ3) is 2.46. The van der Waals surface area contributed by atoms with E-state index in [4.69, 9.17) is 23.2 Å². The maximum atomic E-state index is 12.3. The van der Waals surface area contributed by atoms with E-state index in [0.717, 1.165) is 10.1 Å². The zero-order chi connectivity index (χ0) is 14.2. The standard InChI is InChI=1S/C13H12Cl2N2O2/c1-3-9-11(15)16-13(19)17(12(9)18)10-5-4-8(14)6-7(10)2/h4-6H,3H2,1-2H3,(H,16,19). The summed E-state index contributed by atoms with van der Waals surface area (Å²) in [6, 6.07) is 4.97. The van der Waals surface area contributed by atoms with Gasteiger partial charge in [0.25, 0.3) is 5.56 Å². The highest BCUT2D eigenvalue weighted by molar-refractivity contribution is 6.30. The molecule has 0 aliphatic heterocycles. The normalized spacial score (nSPS) is 10.7. The largest absolute Gasteiger partial charge is 0.334 e. The van der Waals surface area contributed by atoms with Crippen molar-refractivity contribution in [2.75, 3.05) is 0 Å². The van der Waals surface area contributed by atoms with Crippen LogP contribution in [0.25, 0.3) is 5.69 Å². The van der Waals surface area contributed by atoms with Crippen LogP contribution in [-0.4, -0.2) is 9.55 Å². The molecule has 0 spiro atoms. The summed E-state index contributed by atoms with van der Waals surface area (Å²) in [5.41, 5.74) is 0.668. The molecule has 0 radical (unpaired) electrons. The lowest BCUT2D eigenvalue weighted by Crippen LogP contribution is -2.36. The summed E-state index contributed by atoms with van der Waals surface area (Å²) in [5.74, 6) is 0. The van der Waals surface area contributed by atoms with Gasteiger partial charge in [-0.15, -0.1) is 0 Å². The Bertz CT molecular complexity index is 747. The Hall–Kier alpha value is -1.52. The number of aryl methyl sites for hydroxylation is 1. The Kier molecular flexibility index (Phi) is 3.83. The maximum absolute atomic E-state index is 12.3. The minimum atomic E-state index is -0.558. The molecule has 0 aliphatic rings. The number of halogens is 2. The highest BCUT2D eigenvalue weighted by atomic mass is 35.5. The van der Waals surface area contributed by atoms with Crippen molar-refractivity contribution >= 4 is 23.2 Å². The minimum absolute atomic E-state index is 0.0976. The fraction of sp³-hybridized carbons (Fsp3) is 0.231. The monoisotopic (exact) mass is 298 g/mol. The van der Waals surface area contributed by atoms with Gasteiger partial charge in [-0.3, -0.25) is 9.78 Å². The van der Waals surface area contributed by atoms with Gasteiger partial charge in [-0.25, -0.2) is 9.36 Å². The molecule has 2 rings (SSSR count). The first-order chi connectivity index (χ1) is 8.95. The van der Waals surface area contributed by atoms with Crippen LogP contribution >= 0.6 is 23.2 Å². The number of nitrogens with one attached hydrogen (secondary N) is 1. The molecule has 0 saturated carbocycles. The van der Waals surface area contributed by atoms with Crippen LogP contribution in [0, 0.1) is 6.92 Å². The van der Waals surface area contributed by atoms with Gasteiger partial charge in [-0.2, -0.15) is 0 Å². The number of benzene rings is 1. The Labute approximate surface area is 119 Å². The Balaban J connectivity index is 2.83. The molecular weight excluding hydrogens is 287 g/mol. The number of rotatable bonds is 2. The lowest BCUT2D eigenvalue weighted by atomic mass is 10.2. The first kappa shape index (κ1) is 13.9. The Morgan fingerprint density at radius 2 is 1.95 bits per heavy atom. The van der Waals surface area contributed by atoms with Crippen molar-refractivity contribution in [3.63, 3.8) is 0 Å². The smallest absolute Gasteiger partial charge is 0.297 e. The molecule has 0 aliphatic carbocycles. The van der Waals surface area contributed by atoms with Crippen LogP contribution in [0.15, 0.2) is 27.8 Å². The molecule has 1 heterocycles. The molecule has 0 saturated heterocycles. The summed E-state index contributed by atoms with van der Waals surface area (Å²) in [6.07, 6.45) is 0.446. The molecule has 100 valence electrons. The van der Waals surface area contributed by atoms with Crippen LogP contribution in [0.4, 0.5) is 0 Å². The molecule has 1 N–H and O–H groups in total. The van der Waals surface area contributed by atoms with E-state index in [1.165, 1.54) is 0 Å². The van der Waals surface area contributed by atoms with E-state index < -0.39 is 11.2 Å². The summed E-state index contributed by atoms with van der Waals surface area (Å²) in [7, 11) is 0. The molecule has 0 unspecified atom stereocenters. The fourth-order valence-electron chi connectivity index (χ4n) is 1.94. The van der Waals surface area contributed by atoms with Crippen molar-refractivity contribution < 1.29 is 0 Å². The molecular formula is C13H12Cl2N2O2. The van der Waals surface area contributed by atoms with Crippen molar-refractivity contribution in [3.05, 3.63) is 60.3 Å². The molecule has 6 heteroatoms. The first-order valence-corrected chi connectivity index (χ1v) is 6.51. The second-order valence-corrected chi connectivity index (χ2v) is 4.96. The molecule has 0 fully saturated rings. The van der Waals surface area contributed by atoms with E-state index >= 15 is 0 Å². The highest BCUT2D eigenvalue weighted by Crippen LogP contribution is 2.17. The molecule has 2 aromatic rings. The number of H-pyrrole nitrogens is 1. The SMILES string of the molecule is CCc1c(Cl)[nH]c(=O)n(-c2ccc(Cl)cc2C)c1=O.